The molecule has 0 radical (unpaired) electrons. The number of hydrogen-bond donors (Lipinski definition) is 2. The quantitative estimate of drug-likeness (QED) is 0.904. The Morgan fingerprint density at radius 3 is 2.74 bits per heavy atom. The van der Waals surface area contributed by atoms with Crippen LogP contribution in [-0.2, 0) is 0 Å². The summed E-state index contributed by atoms with van der Waals surface area (Å²) in [5, 5.41) is 3.21. The van der Waals surface area contributed by atoms with E-state index in [4.69, 9.17) is 10.5 Å². The van der Waals surface area contributed by atoms with Crippen LogP contribution >= 0.6 is 11.3 Å². The number of methoxy groups -OCH3 is 1. The van der Waals surface area contributed by atoms with Crippen molar-refractivity contribution in [3.05, 3.63) is 34.3 Å². The van der Waals surface area contributed by atoms with Crippen molar-refractivity contribution in [2.24, 2.45) is 0 Å². The first-order valence-corrected chi connectivity index (χ1v) is 6.52. The summed E-state index contributed by atoms with van der Waals surface area (Å²) in [4.78, 5) is 16.7. The molecule has 1 aromatic carbocycles. The fraction of sp³-hybridized carbons (Fsp3) is 0.231. The molecule has 1 aromatic heterocycles. The smallest absolute Gasteiger partial charge is 0.267 e. The minimum Gasteiger partial charge on any atom is -0.495 e. The minimum atomic E-state index is -0.226. The number of thiazole rings is 1. The fourth-order valence-electron chi connectivity index (χ4n) is 1.73. The van der Waals surface area contributed by atoms with Crippen LogP contribution in [0.1, 0.15) is 20.9 Å². The molecule has 100 valence electrons. The van der Waals surface area contributed by atoms with Gasteiger partial charge in [0.1, 0.15) is 10.6 Å². The molecular formula is C13H15N3O2S. The molecule has 0 aliphatic heterocycles. The summed E-state index contributed by atoms with van der Waals surface area (Å²) < 4.78 is 5.22. The maximum absolute atomic E-state index is 12.2. The standard InChI is InChI=1S/C13H15N3O2S/c1-7-4-5-10(18-3)9(6-7)16-12(17)11-8(2)15-13(14)19-11/h4-6H,1-3H3,(H2,14,15)(H,16,17). The number of amides is 1. The second-order valence-corrected chi connectivity index (χ2v) is 5.16. The van der Waals surface area contributed by atoms with E-state index in [1.807, 2.05) is 25.1 Å². The first kappa shape index (κ1) is 13.4. The van der Waals surface area contributed by atoms with Gasteiger partial charge in [-0.2, -0.15) is 0 Å². The number of rotatable bonds is 3. The van der Waals surface area contributed by atoms with Crippen molar-refractivity contribution in [1.82, 2.24) is 4.98 Å². The molecule has 1 heterocycles. The van der Waals surface area contributed by atoms with Crippen LogP contribution in [0.4, 0.5) is 10.8 Å². The molecule has 0 aliphatic carbocycles. The maximum Gasteiger partial charge on any atom is 0.267 e. The zero-order chi connectivity index (χ0) is 14.0. The van der Waals surface area contributed by atoms with E-state index >= 15 is 0 Å². The molecule has 0 atom stereocenters. The molecule has 3 N–H and O–H groups in total. The van der Waals surface area contributed by atoms with Crippen molar-refractivity contribution in [3.63, 3.8) is 0 Å². The van der Waals surface area contributed by atoms with E-state index in [0.717, 1.165) is 5.56 Å². The van der Waals surface area contributed by atoms with Crippen LogP contribution in [0, 0.1) is 13.8 Å². The van der Waals surface area contributed by atoms with Gasteiger partial charge in [-0.25, -0.2) is 4.98 Å². The highest BCUT2D eigenvalue weighted by Gasteiger charge is 2.16. The summed E-state index contributed by atoms with van der Waals surface area (Å²) in [5.74, 6) is 0.393. The molecular weight excluding hydrogens is 262 g/mol. The zero-order valence-electron chi connectivity index (χ0n) is 11.0. The van der Waals surface area contributed by atoms with Crippen molar-refractivity contribution in [2.75, 3.05) is 18.2 Å². The summed E-state index contributed by atoms with van der Waals surface area (Å²) in [5.41, 5.74) is 7.90. The number of aryl methyl sites for hydroxylation is 2. The molecule has 0 unspecified atom stereocenters. The van der Waals surface area contributed by atoms with Crippen molar-refractivity contribution in [2.45, 2.75) is 13.8 Å². The van der Waals surface area contributed by atoms with Gasteiger partial charge in [0.05, 0.1) is 18.5 Å². The van der Waals surface area contributed by atoms with Crippen LogP contribution < -0.4 is 15.8 Å². The van der Waals surface area contributed by atoms with E-state index in [2.05, 4.69) is 10.3 Å². The van der Waals surface area contributed by atoms with Gasteiger partial charge in [-0.1, -0.05) is 17.4 Å². The number of nitrogens with zero attached hydrogens (tertiary/aromatic N) is 1. The molecule has 19 heavy (non-hydrogen) atoms. The molecule has 1 amide bonds. The number of carbonyl (C=O) groups is 1. The lowest BCUT2D eigenvalue weighted by atomic mass is 10.2. The summed E-state index contributed by atoms with van der Waals surface area (Å²) in [6, 6.07) is 5.60. The van der Waals surface area contributed by atoms with E-state index in [9.17, 15) is 4.79 Å². The summed E-state index contributed by atoms with van der Waals surface area (Å²) >= 11 is 1.17. The van der Waals surface area contributed by atoms with Crippen LogP contribution in [0.25, 0.3) is 0 Å². The third-order valence-electron chi connectivity index (χ3n) is 2.62. The molecule has 5 nitrogen and oxygen atoms in total. The fourth-order valence-corrected chi connectivity index (χ4v) is 2.46. The first-order chi connectivity index (χ1) is 9.01. The van der Waals surface area contributed by atoms with Crippen LogP contribution in [0.3, 0.4) is 0 Å². The van der Waals surface area contributed by atoms with Gasteiger partial charge in [0, 0.05) is 0 Å². The van der Waals surface area contributed by atoms with Crippen LogP contribution in [0.2, 0.25) is 0 Å². The largest absolute Gasteiger partial charge is 0.495 e. The Labute approximate surface area is 115 Å². The number of hydrogen-bond acceptors (Lipinski definition) is 5. The number of benzene rings is 1. The normalized spacial score (nSPS) is 10.3. The lowest BCUT2D eigenvalue weighted by Gasteiger charge is -2.10. The number of nitrogens with one attached hydrogen (secondary N) is 1. The first-order valence-electron chi connectivity index (χ1n) is 5.70. The molecule has 0 fully saturated rings. The van der Waals surface area contributed by atoms with Gasteiger partial charge in [-0.15, -0.1) is 0 Å². The Morgan fingerprint density at radius 1 is 1.42 bits per heavy atom. The predicted molar refractivity (Wildman–Crippen MR) is 76.9 cm³/mol. The van der Waals surface area contributed by atoms with Gasteiger partial charge in [0.25, 0.3) is 5.91 Å². The molecule has 0 bridgehead atoms. The number of carbonyl (C=O) groups excluding carboxylic acids is 1. The molecule has 0 aliphatic rings. The molecule has 0 spiro atoms. The van der Waals surface area contributed by atoms with Crippen LogP contribution in [0.15, 0.2) is 18.2 Å². The maximum atomic E-state index is 12.2. The van der Waals surface area contributed by atoms with E-state index in [1.54, 1.807) is 14.0 Å². The van der Waals surface area contributed by atoms with Gasteiger partial charge in [0.2, 0.25) is 0 Å². The summed E-state index contributed by atoms with van der Waals surface area (Å²) in [6.07, 6.45) is 0. The van der Waals surface area contributed by atoms with E-state index in [0.29, 0.717) is 27.1 Å². The second kappa shape index (κ2) is 5.27. The SMILES string of the molecule is COc1ccc(C)cc1NC(=O)c1sc(N)nc1C. The van der Waals surface area contributed by atoms with Crippen molar-refractivity contribution in [1.29, 1.82) is 0 Å². The molecule has 2 rings (SSSR count). The average molecular weight is 277 g/mol. The van der Waals surface area contributed by atoms with Crippen molar-refractivity contribution >= 4 is 28.1 Å². The van der Waals surface area contributed by atoms with Gasteiger partial charge in [0.15, 0.2) is 5.13 Å². The third-order valence-corrected chi connectivity index (χ3v) is 3.61. The second-order valence-electron chi connectivity index (χ2n) is 4.12. The van der Waals surface area contributed by atoms with E-state index in [-0.39, 0.29) is 5.91 Å². The Kier molecular flexibility index (Phi) is 3.71. The number of nitrogen functional groups attached to an aromatic ring is 1. The van der Waals surface area contributed by atoms with Gasteiger partial charge in [-0.05, 0) is 31.5 Å². The molecule has 2 aromatic rings. The van der Waals surface area contributed by atoms with Gasteiger partial charge < -0.3 is 15.8 Å². The van der Waals surface area contributed by atoms with E-state index in [1.165, 1.54) is 11.3 Å². The average Bonchev–Trinajstić information content (AvgIpc) is 2.69. The minimum absolute atomic E-state index is 0.226. The summed E-state index contributed by atoms with van der Waals surface area (Å²) in [6.45, 7) is 3.71. The monoisotopic (exact) mass is 277 g/mol. The van der Waals surface area contributed by atoms with E-state index < -0.39 is 0 Å². The number of ether oxygens (including phenoxy) is 1. The Hall–Kier alpha value is -2.08. The summed E-state index contributed by atoms with van der Waals surface area (Å²) in [7, 11) is 1.57. The zero-order valence-corrected chi connectivity index (χ0v) is 11.8. The molecule has 0 saturated carbocycles. The molecule has 6 heteroatoms. The Balaban J connectivity index is 2.28. The van der Waals surface area contributed by atoms with Crippen LogP contribution in [0.5, 0.6) is 5.75 Å². The lowest BCUT2D eigenvalue weighted by Crippen LogP contribution is -2.12. The highest BCUT2D eigenvalue weighted by atomic mass is 32.1. The van der Waals surface area contributed by atoms with Gasteiger partial charge >= 0.3 is 0 Å². The highest BCUT2D eigenvalue weighted by molar-refractivity contribution is 7.17. The van der Waals surface area contributed by atoms with Crippen molar-refractivity contribution in [3.8, 4) is 5.75 Å². The van der Waals surface area contributed by atoms with Crippen molar-refractivity contribution < 1.29 is 9.53 Å². The topological polar surface area (TPSA) is 77.2 Å². The Morgan fingerprint density at radius 2 is 2.16 bits per heavy atom. The van der Waals surface area contributed by atoms with Crippen LogP contribution in [-0.4, -0.2) is 18.0 Å². The third kappa shape index (κ3) is 2.85. The molecule has 0 saturated heterocycles. The van der Waals surface area contributed by atoms with Gasteiger partial charge in [-0.3, -0.25) is 4.79 Å². The number of aromatic nitrogens is 1. The predicted octanol–water partition coefficient (Wildman–Crippen LogP) is 2.60. The number of nitrogens with two attached hydrogens (primary N) is 1. The number of anilines is 2. The highest BCUT2D eigenvalue weighted by Crippen LogP contribution is 2.27. The Bertz CT molecular complexity index is 622. The lowest BCUT2D eigenvalue weighted by molar-refractivity contribution is 0.102.